The average molecular weight is 220 g/mol. The maximum absolute atomic E-state index is 5.65. The molecule has 5 heteroatoms. The van der Waals surface area contributed by atoms with E-state index in [0.29, 0.717) is 11.9 Å². The Labute approximate surface area is 87.7 Å². The van der Waals surface area contributed by atoms with E-state index < -0.39 is 0 Å². The highest BCUT2D eigenvalue weighted by Gasteiger charge is 2.12. The van der Waals surface area contributed by atoms with Gasteiger partial charge < -0.3 is 4.90 Å². The van der Waals surface area contributed by atoms with E-state index in [0.717, 1.165) is 18.1 Å². The molecule has 0 aliphatic carbocycles. The molecule has 0 radical (unpaired) electrons. The lowest BCUT2D eigenvalue weighted by molar-refractivity contribution is 0.666. The Morgan fingerprint density at radius 3 is 2.85 bits per heavy atom. The molecule has 3 nitrogen and oxygen atoms in total. The van der Waals surface area contributed by atoms with Gasteiger partial charge in [-0.25, -0.2) is 0 Å². The zero-order valence-corrected chi connectivity index (χ0v) is 9.48. The minimum atomic E-state index is 0.455. The van der Waals surface area contributed by atoms with E-state index in [9.17, 15) is 0 Å². The number of hydrogen-bond acceptors (Lipinski definition) is 4. The molecular formula is C8H14ClN3S. The monoisotopic (exact) mass is 219 g/mol. The van der Waals surface area contributed by atoms with Crippen LogP contribution in [0.25, 0.3) is 0 Å². The third-order valence-corrected chi connectivity index (χ3v) is 2.74. The summed E-state index contributed by atoms with van der Waals surface area (Å²) in [6.45, 7) is 5.25. The second kappa shape index (κ2) is 5.40. The molecule has 0 aliphatic heterocycles. The van der Waals surface area contributed by atoms with Crippen LogP contribution in [-0.2, 0) is 0 Å². The van der Waals surface area contributed by atoms with E-state index in [4.69, 9.17) is 11.6 Å². The second-order valence-electron chi connectivity index (χ2n) is 3.05. The summed E-state index contributed by atoms with van der Waals surface area (Å²) in [6.07, 6.45) is 0.985. The van der Waals surface area contributed by atoms with Crippen molar-refractivity contribution >= 4 is 28.1 Å². The molecule has 0 saturated carbocycles. The van der Waals surface area contributed by atoms with Crippen molar-refractivity contribution in [3.8, 4) is 0 Å². The normalized spacial score (nSPS) is 10.8. The molecule has 0 N–H and O–H groups in total. The molecule has 0 atom stereocenters. The molecule has 13 heavy (non-hydrogen) atoms. The van der Waals surface area contributed by atoms with Crippen LogP contribution >= 0.6 is 22.9 Å². The summed E-state index contributed by atoms with van der Waals surface area (Å²) in [7, 11) is 0. The van der Waals surface area contributed by atoms with Gasteiger partial charge in [0.25, 0.3) is 0 Å². The summed E-state index contributed by atoms with van der Waals surface area (Å²) in [5.41, 5.74) is 1.76. The van der Waals surface area contributed by atoms with Crippen molar-refractivity contribution in [1.82, 2.24) is 10.2 Å². The standard InChI is InChI=1S/C8H14ClN3S/c1-7(2)12(5-3-4-9)8-11-10-6-13-8/h6-7H,3-5H2,1-2H3. The molecule has 1 aromatic rings. The first-order valence-corrected chi connectivity index (χ1v) is 5.76. The van der Waals surface area contributed by atoms with Gasteiger partial charge in [0.2, 0.25) is 5.13 Å². The number of halogens is 1. The molecule has 0 saturated heterocycles. The first-order valence-electron chi connectivity index (χ1n) is 4.34. The number of alkyl halides is 1. The Kier molecular flexibility index (Phi) is 4.45. The van der Waals surface area contributed by atoms with Gasteiger partial charge in [-0.05, 0) is 20.3 Å². The van der Waals surface area contributed by atoms with E-state index in [2.05, 4.69) is 28.9 Å². The molecule has 0 spiro atoms. The fourth-order valence-corrected chi connectivity index (χ4v) is 1.94. The molecule has 1 heterocycles. The maximum Gasteiger partial charge on any atom is 0.208 e. The third kappa shape index (κ3) is 3.12. The van der Waals surface area contributed by atoms with Crippen LogP contribution in [0.5, 0.6) is 0 Å². The molecule has 0 aromatic carbocycles. The predicted octanol–water partition coefficient (Wildman–Crippen LogP) is 2.38. The van der Waals surface area contributed by atoms with Crippen LogP contribution in [0.4, 0.5) is 5.13 Å². The molecule has 0 unspecified atom stereocenters. The summed E-state index contributed by atoms with van der Waals surface area (Å²) >= 11 is 7.22. The zero-order valence-electron chi connectivity index (χ0n) is 7.90. The highest BCUT2D eigenvalue weighted by Crippen LogP contribution is 2.18. The van der Waals surface area contributed by atoms with Crippen LogP contribution in [0.15, 0.2) is 5.51 Å². The first-order chi connectivity index (χ1) is 6.25. The summed E-state index contributed by atoms with van der Waals surface area (Å²) < 4.78 is 0. The average Bonchev–Trinajstić information content (AvgIpc) is 2.57. The van der Waals surface area contributed by atoms with Crippen LogP contribution in [0.2, 0.25) is 0 Å². The number of nitrogens with zero attached hydrogens (tertiary/aromatic N) is 3. The number of hydrogen-bond donors (Lipinski definition) is 0. The molecule has 1 rings (SSSR count). The molecule has 0 fully saturated rings. The van der Waals surface area contributed by atoms with Gasteiger partial charge >= 0.3 is 0 Å². The van der Waals surface area contributed by atoms with E-state index >= 15 is 0 Å². The van der Waals surface area contributed by atoms with Gasteiger partial charge in [0.1, 0.15) is 5.51 Å². The van der Waals surface area contributed by atoms with Crippen LogP contribution < -0.4 is 4.90 Å². The summed E-state index contributed by atoms with van der Waals surface area (Å²) in [5, 5.41) is 8.86. The largest absolute Gasteiger partial charge is 0.344 e. The first kappa shape index (κ1) is 10.7. The van der Waals surface area contributed by atoms with Gasteiger partial charge in [0.15, 0.2) is 0 Å². The van der Waals surface area contributed by atoms with Gasteiger partial charge in [0.05, 0.1) is 0 Å². The molecule has 74 valence electrons. The number of rotatable bonds is 5. The van der Waals surface area contributed by atoms with E-state index in [1.54, 1.807) is 16.8 Å². The SMILES string of the molecule is CC(C)N(CCCCl)c1nncs1. The molecule has 0 aliphatic rings. The highest BCUT2D eigenvalue weighted by atomic mass is 35.5. The Hall–Kier alpha value is -0.350. The van der Waals surface area contributed by atoms with Gasteiger partial charge in [-0.15, -0.1) is 21.8 Å². The Morgan fingerprint density at radius 1 is 1.62 bits per heavy atom. The van der Waals surface area contributed by atoms with Gasteiger partial charge in [-0.2, -0.15) is 0 Å². The van der Waals surface area contributed by atoms with E-state index in [1.165, 1.54) is 0 Å². The van der Waals surface area contributed by atoms with Crippen molar-refractivity contribution in [3.63, 3.8) is 0 Å². The molecule has 0 bridgehead atoms. The van der Waals surface area contributed by atoms with E-state index in [-0.39, 0.29) is 0 Å². The van der Waals surface area contributed by atoms with Crippen molar-refractivity contribution in [1.29, 1.82) is 0 Å². The zero-order chi connectivity index (χ0) is 9.68. The van der Waals surface area contributed by atoms with Crippen molar-refractivity contribution in [3.05, 3.63) is 5.51 Å². The lowest BCUT2D eigenvalue weighted by atomic mass is 10.3. The predicted molar refractivity (Wildman–Crippen MR) is 57.7 cm³/mol. The topological polar surface area (TPSA) is 29.0 Å². The molecule has 1 aromatic heterocycles. The minimum absolute atomic E-state index is 0.455. The van der Waals surface area contributed by atoms with E-state index in [1.807, 2.05) is 0 Å². The number of anilines is 1. The highest BCUT2D eigenvalue weighted by molar-refractivity contribution is 7.13. The quantitative estimate of drug-likeness (QED) is 0.713. The lowest BCUT2D eigenvalue weighted by Gasteiger charge is -2.24. The summed E-state index contributed by atoms with van der Waals surface area (Å²) in [5.74, 6) is 0.696. The number of aromatic nitrogens is 2. The van der Waals surface area contributed by atoms with Crippen molar-refractivity contribution in [2.75, 3.05) is 17.3 Å². The van der Waals surface area contributed by atoms with Crippen molar-refractivity contribution in [2.45, 2.75) is 26.3 Å². The van der Waals surface area contributed by atoms with Crippen LogP contribution in [0.3, 0.4) is 0 Å². The Morgan fingerprint density at radius 2 is 2.38 bits per heavy atom. The van der Waals surface area contributed by atoms with Crippen LogP contribution in [-0.4, -0.2) is 28.7 Å². The third-order valence-electron chi connectivity index (χ3n) is 1.75. The van der Waals surface area contributed by atoms with Crippen LogP contribution in [0, 0.1) is 0 Å². The van der Waals surface area contributed by atoms with Gasteiger partial charge in [-0.1, -0.05) is 11.3 Å². The molecule has 0 amide bonds. The van der Waals surface area contributed by atoms with Crippen molar-refractivity contribution < 1.29 is 0 Å². The second-order valence-corrected chi connectivity index (χ2v) is 4.24. The fraction of sp³-hybridized carbons (Fsp3) is 0.750. The summed E-state index contributed by atoms with van der Waals surface area (Å²) in [6, 6.07) is 0.455. The maximum atomic E-state index is 5.65. The summed E-state index contributed by atoms with van der Waals surface area (Å²) in [4.78, 5) is 2.22. The molecular weight excluding hydrogens is 206 g/mol. The smallest absolute Gasteiger partial charge is 0.208 e. The lowest BCUT2D eigenvalue weighted by Crippen LogP contribution is -2.31. The fourth-order valence-electron chi connectivity index (χ4n) is 1.10. The van der Waals surface area contributed by atoms with Crippen molar-refractivity contribution in [2.24, 2.45) is 0 Å². The van der Waals surface area contributed by atoms with Gasteiger partial charge in [0, 0.05) is 18.5 Å². The Balaban J connectivity index is 2.58. The Bertz CT molecular complexity index is 225. The van der Waals surface area contributed by atoms with Crippen LogP contribution in [0.1, 0.15) is 20.3 Å². The minimum Gasteiger partial charge on any atom is -0.344 e. The van der Waals surface area contributed by atoms with Gasteiger partial charge in [-0.3, -0.25) is 0 Å².